The van der Waals surface area contributed by atoms with Crippen molar-refractivity contribution >= 4 is 15.9 Å². The molecule has 124 valence electrons. The first-order chi connectivity index (χ1) is 10.4. The molecule has 1 aromatic heterocycles. The highest BCUT2D eigenvalue weighted by Crippen LogP contribution is 2.13. The monoisotopic (exact) mass is 331 g/mol. The fourth-order valence-electron chi connectivity index (χ4n) is 2.20. The van der Waals surface area contributed by atoms with Crippen molar-refractivity contribution in [1.82, 2.24) is 14.9 Å². The number of rotatable bonds is 6. The molecule has 0 saturated carbocycles. The summed E-state index contributed by atoms with van der Waals surface area (Å²) in [5.41, 5.74) is 0. The minimum Gasteiger partial charge on any atom is -0.438 e. The minimum atomic E-state index is -3.68. The van der Waals surface area contributed by atoms with E-state index in [1.165, 1.54) is 19.2 Å². The van der Waals surface area contributed by atoms with Gasteiger partial charge in [0.25, 0.3) is 15.9 Å². The van der Waals surface area contributed by atoms with Crippen LogP contribution in [0.5, 0.6) is 0 Å². The second kappa shape index (κ2) is 7.23. The molecule has 2 N–H and O–H groups in total. The van der Waals surface area contributed by atoms with Crippen LogP contribution in [0.1, 0.15) is 17.5 Å². The van der Waals surface area contributed by atoms with Crippen LogP contribution in [0.2, 0.25) is 0 Å². The van der Waals surface area contributed by atoms with Gasteiger partial charge in [-0.1, -0.05) is 0 Å². The Morgan fingerprint density at radius 3 is 2.68 bits per heavy atom. The molecule has 1 unspecified atom stereocenters. The van der Waals surface area contributed by atoms with Crippen LogP contribution in [0.4, 0.5) is 0 Å². The smallest absolute Gasteiger partial charge is 0.287 e. The van der Waals surface area contributed by atoms with E-state index >= 15 is 0 Å². The lowest BCUT2D eigenvalue weighted by Crippen LogP contribution is -2.45. The Kier molecular flexibility index (Phi) is 5.57. The lowest BCUT2D eigenvalue weighted by atomic mass is 10.2. The van der Waals surface area contributed by atoms with Crippen LogP contribution in [0.3, 0.4) is 0 Å². The Morgan fingerprint density at radius 1 is 1.36 bits per heavy atom. The van der Waals surface area contributed by atoms with Gasteiger partial charge in [0.15, 0.2) is 5.76 Å². The van der Waals surface area contributed by atoms with Gasteiger partial charge in [-0.2, -0.15) is 0 Å². The largest absolute Gasteiger partial charge is 0.438 e. The van der Waals surface area contributed by atoms with Crippen molar-refractivity contribution in [3.05, 3.63) is 17.9 Å². The molecular formula is C13H21N3O5S. The van der Waals surface area contributed by atoms with Crippen molar-refractivity contribution in [2.45, 2.75) is 18.1 Å². The number of ether oxygens (including phenoxy) is 1. The molecule has 8 nitrogen and oxygen atoms in total. The Morgan fingerprint density at radius 2 is 2.05 bits per heavy atom. The summed E-state index contributed by atoms with van der Waals surface area (Å²) in [5, 5.41) is 2.52. The zero-order valence-electron chi connectivity index (χ0n) is 12.7. The Hall–Kier alpha value is -1.42. The van der Waals surface area contributed by atoms with Gasteiger partial charge < -0.3 is 14.5 Å². The zero-order chi connectivity index (χ0) is 16.2. The molecule has 0 radical (unpaired) electrons. The van der Waals surface area contributed by atoms with E-state index in [0.29, 0.717) is 19.8 Å². The molecule has 1 aliphatic rings. The third kappa shape index (κ3) is 4.29. The first-order valence-corrected chi connectivity index (χ1v) is 8.55. The number of furan rings is 1. The van der Waals surface area contributed by atoms with Crippen LogP contribution in [0.15, 0.2) is 21.6 Å². The highest BCUT2D eigenvalue weighted by molar-refractivity contribution is 7.89. The van der Waals surface area contributed by atoms with E-state index in [1.807, 2.05) is 6.92 Å². The van der Waals surface area contributed by atoms with E-state index in [9.17, 15) is 13.2 Å². The molecule has 0 spiro atoms. The van der Waals surface area contributed by atoms with Crippen molar-refractivity contribution in [1.29, 1.82) is 0 Å². The first kappa shape index (κ1) is 16.9. The van der Waals surface area contributed by atoms with E-state index in [2.05, 4.69) is 14.9 Å². The van der Waals surface area contributed by atoms with E-state index in [-0.39, 0.29) is 16.9 Å². The van der Waals surface area contributed by atoms with Crippen LogP contribution >= 0.6 is 0 Å². The second-order valence-corrected chi connectivity index (χ2v) is 6.93. The number of carbonyl (C=O) groups excluding carboxylic acids is 1. The van der Waals surface area contributed by atoms with Gasteiger partial charge in [-0.05, 0) is 26.1 Å². The Labute approximate surface area is 129 Å². The quantitative estimate of drug-likeness (QED) is 0.738. The molecule has 1 aliphatic heterocycles. The number of hydrogen-bond donors (Lipinski definition) is 2. The molecule has 2 rings (SSSR count). The standard InChI is InChI=1S/C13H21N3O5S/c1-10(9-16-5-7-20-8-6-16)15-13(17)11-3-4-12(21-11)22(18,19)14-2/h3-4,10,14H,5-9H2,1-2H3,(H,15,17). The van der Waals surface area contributed by atoms with Crippen molar-refractivity contribution < 1.29 is 22.4 Å². The fraction of sp³-hybridized carbons (Fsp3) is 0.615. The van der Waals surface area contributed by atoms with Gasteiger partial charge in [0.1, 0.15) is 0 Å². The lowest BCUT2D eigenvalue weighted by molar-refractivity contribution is 0.0341. The average molecular weight is 331 g/mol. The molecule has 1 saturated heterocycles. The van der Waals surface area contributed by atoms with Crippen LogP contribution in [-0.2, 0) is 14.8 Å². The van der Waals surface area contributed by atoms with Crippen molar-refractivity contribution in [3.8, 4) is 0 Å². The lowest BCUT2D eigenvalue weighted by Gasteiger charge is -2.29. The maximum Gasteiger partial charge on any atom is 0.287 e. The SMILES string of the molecule is CNS(=O)(=O)c1ccc(C(=O)NC(C)CN2CCOCC2)o1. The third-order valence-corrected chi connectivity index (χ3v) is 4.64. The predicted octanol–water partition coefficient (Wildman–Crippen LogP) is -0.362. The normalized spacial score (nSPS) is 18.1. The van der Waals surface area contributed by atoms with Gasteiger partial charge in [-0.25, -0.2) is 13.1 Å². The molecule has 1 amide bonds. The molecule has 1 atom stereocenters. The summed E-state index contributed by atoms with van der Waals surface area (Å²) in [4.78, 5) is 14.3. The third-order valence-electron chi connectivity index (χ3n) is 3.35. The van der Waals surface area contributed by atoms with Crippen LogP contribution in [0.25, 0.3) is 0 Å². The Bertz CT molecular complexity index is 607. The predicted molar refractivity (Wildman–Crippen MR) is 79.1 cm³/mol. The number of amides is 1. The molecular weight excluding hydrogens is 310 g/mol. The van der Waals surface area contributed by atoms with Crippen LogP contribution in [-0.4, -0.2) is 65.2 Å². The van der Waals surface area contributed by atoms with E-state index in [4.69, 9.17) is 9.15 Å². The second-order valence-electron chi connectivity index (χ2n) is 5.11. The first-order valence-electron chi connectivity index (χ1n) is 7.06. The maximum atomic E-state index is 12.1. The zero-order valence-corrected chi connectivity index (χ0v) is 13.5. The number of nitrogens with zero attached hydrogens (tertiary/aromatic N) is 1. The van der Waals surface area contributed by atoms with Crippen molar-refractivity contribution in [2.75, 3.05) is 39.9 Å². The maximum absolute atomic E-state index is 12.1. The van der Waals surface area contributed by atoms with Crippen molar-refractivity contribution in [2.24, 2.45) is 0 Å². The summed E-state index contributed by atoms with van der Waals surface area (Å²) < 4.78 is 35.6. The molecule has 1 aromatic rings. The van der Waals surface area contributed by atoms with Gasteiger partial charge in [0, 0.05) is 25.7 Å². The van der Waals surface area contributed by atoms with Gasteiger partial charge in [0.2, 0.25) is 5.09 Å². The summed E-state index contributed by atoms with van der Waals surface area (Å²) in [6, 6.07) is 2.52. The average Bonchev–Trinajstić information content (AvgIpc) is 2.99. The molecule has 2 heterocycles. The molecule has 0 bridgehead atoms. The summed E-state index contributed by atoms with van der Waals surface area (Å²) in [7, 11) is -2.40. The number of nitrogens with one attached hydrogen (secondary N) is 2. The molecule has 1 fully saturated rings. The van der Waals surface area contributed by atoms with Gasteiger partial charge >= 0.3 is 0 Å². The van der Waals surface area contributed by atoms with Crippen LogP contribution < -0.4 is 10.0 Å². The van der Waals surface area contributed by atoms with Crippen LogP contribution in [0, 0.1) is 0 Å². The van der Waals surface area contributed by atoms with Gasteiger partial charge in [-0.15, -0.1) is 0 Å². The van der Waals surface area contributed by atoms with Crippen molar-refractivity contribution in [3.63, 3.8) is 0 Å². The highest BCUT2D eigenvalue weighted by atomic mass is 32.2. The van der Waals surface area contributed by atoms with Gasteiger partial charge in [-0.3, -0.25) is 9.69 Å². The Balaban J connectivity index is 1.91. The summed E-state index contributed by atoms with van der Waals surface area (Å²) in [6.07, 6.45) is 0. The number of carbonyl (C=O) groups is 1. The van der Waals surface area contributed by atoms with E-state index in [1.54, 1.807) is 0 Å². The molecule has 0 aromatic carbocycles. The summed E-state index contributed by atoms with van der Waals surface area (Å²) in [6.45, 7) is 5.67. The number of hydrogen-bond acceptors (Lipinski definition) is 6. The minimum absolute atomic E-state index is 0.0253. The number of sulfonamides is 1. The molecule has 0 aliphatic carbocycles. The van der Waals surface area contributed by atoms with E-state index < -0.39 is 15.9 Å². The molecule has 9 heteroatoms. The topological polar surface area (TPSA) is 101 Å². The summed E-state index contributed by atoms with van der Waals surface area (Å²) >= 11 is 0. The highest BCUT2D eigenvalue weighted by Gasteiger charge is 2.21. The summed E-state index contributed by atoms with van der Waals surface area (Å²) in [5.74, 6) is -0.457. The molecule has 22 heavy (non-hydrogen) atoms. The van der Waals surface area contributed by atoms with E-state index in [0.717, 1.165) is 13.1 Å². The van der Waals surface area contributed by atoms with Gasteiger partial charge in [0.05, 0.1) is 13.2 Å². The fourth-order valence-corrected chi connectivity index (χ4v) is 2.85. The number of morpholine rings is 1.